The molecule has 0 aliphatic carbocycles. The van der Waals surface area contributed by atoms with Gasteiger partial charge in [-0.2, -0.15) is 0 Å². The summed E-state index contributed by atoms with van der Waals surface area (Å²) in [6, 6.07) is 9.94. The summed E-state index contributed by atoms with van der Waals surface area (Å²) in [6.45, 7) is 2.01. The van der Waals surface area contributed by atoms with Gasteiger partial charge in [0.2, 0.25) is 0 Å². The zero-order valence-corrected chi connectivity index (χ0v) is 14.8. The Kier molecular flexibility index (Phi) is 4.27. The molecule has 1 aliphatic rings. The van der Waals surface area contributed by atoms with E-state index in [9.17, 15) is 13.2 Å². The Morgan fingerprint density at radius 3 is 2.67 bits per heavy atom. The van der Waals surface area contributed by atoms with Gasteiger partial charge >= 0.3 is 6.09 Å². The lowest BCUT2D eigenvalue weighted by atomic mass is 10.1. The van der Waals surface area contributed by atoms with Crippen LogP contribution in [0, 0.1) is 6.92 Å². The van der Waals surface area contributed by atoms with Crippen LogP contribution >= 0.6 is 11.6 Å². The van der Waals surface area contributed by atoms with E-state index in [0.29, 0.717) is 16.3 Å². The lowest BCUT2D eigenvalue weighted by Crippen LogP contribution is -2.32. The Morgan fingerprint density at radius 2 is 1.96 bits per heavy atom. The highest BCUT2D eigenvalue weighted by Crippen LogP contribution is 2.30. The maximum absolute atomic E-state index is 12.7. The molecule has 0 unspecified atom stereocenters. The van der Waals surface area contributed by atoms with Crippen molar-refractivity contribution in [3.8, 4) is 0 Å². The zero-order valence-electron chi connectivity index (χ0n) is 13.2. The fraction of sp³-hybridized carbons (Fsp3) is 0.235. The monoisotopic (exact) mass is 365 g/mol. The number of cyclic esters (lactones) is 1. The van der Waals surface area contributed by atoms with E-state index in [0.717, 1.165) is 11.1 Å². The first-order chi connectivity index (χ1) is 11.3. The number of fused-ring (bicyclic) bond motifs is 1. The van der Waals surface area contributed by atoms with E-state index < -0.39 is 15.9 Å². The molecule has 0 spiro atoms. The number of aryl methyl sites for hydroxylation is 1. The van der Waals surface area contributed by atoms with Crippen molar-refractivity contribution in [3.05, 3.63) is 58.1 Å². The van der Waals surface area contributed by atoms with Gasteiger partial charge in [0.25, 0.3) is 0 Å². The van der Waals surface area contributed by atoms with Crippen LogP contribution in [0.1, 0.15) is 16.7 Å². The van der Waals surface area contributed by atoms with Gasteiger partial charge in [0, 0.05) is 17.6 Å². The van der Waals surface area contributed by atoms with Gasteiger partial charge < -0.3 is 4.74 Å². The summed E-state index contributed by atoms with van der Waals surface area (Å²) < 4.78 is 30.4. The van der Waals surface area contributed by atoms with Gasteiger partial charge in [0.05, 0.1) is 16.3 Å². The topological polar surface area (TPSA) is 63.7 Å². The number of rotatable bonds is 3. The molecule has 0 fully saturated rings. The SMILES string of the molecule is Cc1ccc(CS(=O)(=O)c2ccc3c(c2)N(C)C(=O)OC3)cc1Cl. The van der Waals surface area contributed by atoms with E-state index in [4.69, 9.17) is 16.3 Å². The summed E-state index contributed by atoms with van der Waals surface area (Å²) in [4.78, 5) is 13.1. The molecule has 0 aromatic heterocycles. The number of nitrogens with zero attached hydrogens (tertiary/aromatic N) is 1. The van der Waals surface area contributed by atoms with Crippen molar-refractivity contribution in [2.45, 2.75) is 24.2 Å². The number of carbonyl (C=O) groups excluding carboxylic acids is 1. The highest BCUT2D eigenvalue weighted by atomic mass is 35.5. The van der Waals surface area contributed by atoms with Crippen molar-refractivity contribution in [1.29, 1.82) is 0 Å². The fourth-order valence-corrected chi connectivity index (χ4v) is 4.09. The molecule has 5 nitrogen and oxygen atoms in total. The minimum atomic E-state index is -3.55. The number of halogens is 1. The molecule has 126 valence electrons. The summed E-state index contributed by atoms with van der Waals surface area (Å²) in [7, 11) is -2.00. The molecule has 1 aliphatic heterocycles. The van der Waals surface area contributed by atoms with Crippen molar-refractivity contribution in [1.82, 2.24) is 0 Å². The second kappa shape index (κ2) is 6.11. The van der Waals surface area contributed by atoms with Crippen molar-refractivity contribution < 1.29 is 17.9 Å². The van der Waals surface area contributed by atoms with Gasteiger partial charge in [-0.25, -0.2) is 13.2 Å². The van der Waals surface area contributed by atoms with Crippen LogP contribution in [0.3, 0.4) is 0 Å². The molecule has 0 radical (unpaired) electrons. The molecule has 24 heavy (non-hydrogen) atoms. The third kappa shape index (κ3) is 3.12. The fourth-order valence-electron chi connectivity index (χ4n) is 2.53. The predicted octanol–water partition coefficient (Wildman–Crippen LogP) is 3.71. The van der Waals surface area contributed by atoms with Crippen molar-refractivity contribution in [2.24, 2.45) is 0 Å². The molecule has 2 aromatic carbocycles. The van der Waals surface area contributed by atoms with Gasteiger partial charge in [-0.15, -0.1) is 0 Å². The van der Waals surface area contributed by atoms with Crippen LogP contribution in [0.4, 0.5) is 10.5 Å². The molecule has 7 heteroatoms. The van der Waals surface area contributed by atoms with Crippen molar-refractivity contribution in [2.75, 3.05) is 11.9 Å². The van der Waals surface area contributed by atoms with Crippen LogP contribution in [0.5, 0.6) is 0 Å². The Hall–Kier alpha value is -2.05. The first-order valence-corrected chi connectivity index (χ1v) is 9.32. The Balaban J connectivity index is 1.95. The summed E-state index contributed by atoms with van der Waals surface area (Å²) in [5.41, 5.74) is 2.84. The summed E-state index contributed by atoms with van der Waals surface area (Å²) >= 11 is 6.07. The molecular weight excluding hydrogens is 350 g/mol. The number of anilines is 1. The van der Waals surface area contributed by atoms with Crippen LogP contribution in [0.15, 0.2) is 41.3 Å². The van der Waals surface area contributed by atoms with Crippen LogP contribution in [-0.2, 0) is 26.9 Å². The standard InChI is InChI=1S/C17H16ClNO4S/c1-11-3-4-12(7-15(11)18)10-24(21,22)14-6-5-13-9-23-17(20)19(2)16(13)8-14/h3-8H,9-10H2,1-2H3. The highest BCUT2D eigenvalue weighted by molar-refractivity contribution is 7.90. The van der Waals surface area contributed by atoms with Crippen LogP contribution in [-0.4, -0.2) is 21.6 Å². The predicted molar refractivity (Wildman–Crippen MR) is 92.1 cm³/mol. The lowest BCUT2D eigenvalue weighted by molar-refractivity contribution is 0.143. The van der Waals surface area contributed by atoms with Gasteiger partial charge in [0.1, 0.15) is 6.61 Å². The van der Waals surface area contributed by atoms with Gasteiger partial charge in [-0.05, 0) is 36.2 Å². The van der Waals surface area contributed by atoms with E-state index >= 15 is 0 Å². The Labute approximate surface area is 145 Å². The average Bonchev–Trinajstić information content (AvgIpc) is 2.54. The molecule has 0 atom stereocenters. The van der Waals surface area contributed by atoms with Crippen LogP contribution in [0.25, 0.3) is 0 Å². The van der Waals surface area contributed by atoms with Crippen LogP contribution in [0.2, 0.25) is 5.02 Å². The maximum atomic E-state index is 12.7. The summed E-state index contributed by atoms with van der Waals surface area (Å²) in [6.07, 6.45) is -0.498. The van der Waals surface area contributed by atoms with Gasteiger partial charge in [-0.3, -0.25) is 4.90 Å². The third-order valence-electron chi connectivity index (χ3n) is 4.00. The number of benzene rings is 2. The number of amides is 1. The molecule has 2 aromatic rings. The normalized spacial score (nSPS) is 14.3. The zero-order chi connectivity index (χ0) is 17.5. The number of ether oxygens (including phenoxy) is 1. The van der Waals surface area contributed by atoms with E-state index in [1.54, 1.807) is 31.3 Å². The first-order valence-electron chi connectivity index (χ1n) is 7.29. The largest absolute Gasteiger partial charge is 0.444 e. The molecule has 3 rings (SSSR count). The second-order valence-corrected chi connectivity index (χ2v) is 8.14. The average molecular weight is 366 g/mol. The smallest absolute Gasteiger partial charge is 0.414 e. The van der Waals surface area contributed by atoms with E-state index in [1.807, 2.05) is 6.92 Å². The van der Waals surface area contributed by atoms with Gasteiger partial charge in [-0.1, -0.05) is 29.8 Å². The minimum Gasteiger partial charge on any atom is -0.444 e. The molecule has 1 heterocycles. The van der Waals surface area contributed by atoms with Crippen molar-refractivity contribution in [3.63, 3.8) is 0 Å². The van der Waals surface area contributed by atoms with Crippen molar-refractivity contribution >= 4 is 33.2 Å². The number of sulfone groups is 1. The molecule has 0 bridgehead atoms. The molecule has 0 saturated heterocycles. The van der Waals surface area contributed by atoms with E-state index in [2.05, 4.69) is 0 Å². The van der Waals surface area contributed by atoms with E-state index in [-0.39, 0.29) is 17.3 Å². The quantitative estimate of drug-likeness (QED) is 0.831. The Morgan fingerprint density at radius 1 is 1.21 bits per heavy atom. The summed E-state index contributed by atoms with van der Waals surface area (Å²) in [5, 5.41) is 0.538. The molecule has 0 saturated carbocycles. The number of hydrogen-bond acceptors (Lipinski definition) is 4. The van der Waals surface area contributed by atoms with Crippen LogP contribution < -0.4 is 4.90 Å². The molecular formula is C17H16ClNO4S. The minimum absolute atomic E-state index is 0.145. The van der Waals surface area contributed by atoms with E-state index in [1.165, 1.54) is 17.0 Å². The second-order valence-electron chi connectivity index (χ2n) is 5.75. The third-order valence-corrected chi connectivity index (χ3v) is 6.09. The number of carbonyl (C=O) groups is 1. The number of hydrogen-bond donors (Lipinski definition) is 0. The summed E-state index contributed by atoms with van der Waals surface area (Å²) in [5.74, 6) is -0.153. The molecule has 1 amide bonds. The molecule has 0 N–H and O–H groups in total. The van der Waals surface area contributed by atoms with Gasteiger partial charge in [0.15, 0.2) is 9.84 Å². The Bertz CT molecular complexity index is 924. The lowest BCUT2D eigenvalue weighted by Gasteiger charge is -2.25. The highest BCUT2D eigenvalue weighted by Gasteiger charge is 2.25. The maximum Gasteiger partial charge on any atom is 0.414 e. The first kappa shape index (κ1) is 16.8.